The molecule has 0 amide bonds. The van der Waals surface area contributed by atoms with Crippen LogP contribution in [0, 0.1) is 5.82 Å². The Morgan fingerprint density at radius 3 is 2.38 bits per heavy atom. The Bertz CT molecular complexity index is 1170. The van der Waals surface area contributed by atoms with Gasteiger partial charge in [0, 0.05) is 11.5 Å². The van der Waals surface area contributed by atoms with Crippen LogP contribution in [0.5, 0.6) is 0 Å². The van der Waals surface area contributed by atoms with E-state index in [1.807, 2.05) is 0 Å². The first-order chi connectivity index (χ1) is 13.5. The summed E-state index contributed by atoms with van der Waals surface area (Å²) in [6, 6.07) is 8.03. The van der Waals surface area contributed by atoms with E-state index in [4.69, 9.17) is 9.66 Å². The molecule has 1 aliphatic rings. The molecule has 0 radical (unpaired) electrons. The van der Waals surface area contributed by atoms with E-state index in [-0.39, 0.29) is 28.4 Å². The molecule has 0 saturated heterocycles. The van der Waals surface area contributed by atoms with Gasteiger partial charge in [0.2, 0.25) is 21.7 Å². The third-order valence-electron chi connectivity index (χ3n) is 4.71. The molecule has 11 heteroatoms. The number of benzene rings is 2. The highest BCUT2D eigenvalue weighted by atomic mass is 32.2. The highest BCUT2D eigenvalue weighted by Crippen LogP contribution is 2.54. The first kappa shape index (κ1) is 19.5. The molecule has 152 valence electrons. The molecular formula is C18H13F4N3O3S. The Balaban J connectivity index is 1.58. The Morgan fingerprint density at radius 1 is 1.07 bits per heavy atom. The number of alkyl halides is 3. The SMILES string of the molecule is NS(=O)(=O)c1ccc([C@@H]2C[C@H]2c2nc(-c3cc(F)ccc3C(F)(F)F)no2)cc1. The van der Waals surface area contributed by atoms with Gasteiger partial charge in [-0.25, -0.2) is 17.9 Å². The van der Waals surface area contributed by atoms with E-state index in [2.05, 4.69) is 10.1 Å². The average Bonchev–Trinajstić information content (AvgIpc) is 3.28. The number of nitrogens with two attached hydrogens (primary N) is 1. The first-order valence-electron chi connectivity index (χ1n) is 8.37. The van der Waals surface area contributed by atoms with E-state index in [0.29, 0.717) is 18.6 Å². The zero-order valence-corrected chi connectivity index (χ0v) is 15.3. The Kier molecular flexibility index (Phi) is 4.46. The lowest BCUT2D eigenvalue weighted by molar-refractivity contribution is -0.137. The van der Waals surface area contributed by atoms with Crippen molar-refractivity contribution in [3.63, 3.8) is 0 Å². The summed E-state index contributed by atoms with van der Waals surface area (Å²) in [5, 5.41) is 8.65. The van der Waals surface area contributed by atoms with E-state index in [1.54, 1.807) is 12.1 Å². The maximum absolute atomic E-state index is 13.5. The molecule has 0 spiro atoms. The van der Waals surface area contributed by atoms with Crippen LogP contribution < -0.4 is 5.14 Å². The van der Waals surface area contributed by atoms with Crippen molar-refractivity contribution in [3.05, 3.63) is 65.3 Å². The van der Waals surface area contributed by atoms with Gasteiger partial charge in [0.25, 0.3) is 0 Å². The van der Waals surface area contributed by atoms with Gasteiger partial charge in [-0.1, -0.05) is 17.3 Å². The molecule has 1 saturated carbocycles. The summed E-state index contributed by atoms with van der Waals surface area (Å²) < 4.78 is 80.8. The van der Waals surface area contributed by atoms with E-state index in [9.17, 15) is 26.0 Å². The smallest absolute Gasteiger partial charge is 0.339 e. The average molecular weight is 427 g/mol. The summed E-state index contributed by atoms with van der Waals surface area (Å²) in [5.41, 5.74) is -0.747. The highest BCUT2D eigenvalue weighted by Gasteiger charge is 2.44. The van der Waals surface area contributed by atoms with Crippen molar-refractivity contribution in [2.75, 3.05) is 0 Å². The summed E-state index contributed by atoms with van der Waals surface area (Å²) in [7, 11) is -3.80. The molecule has 0 aliphatic heterocycles. The lowest BCUT2D eigenvalue weighted by Crippen LogP contribution is -2.11. The van der Waals surface area contributed by atoms with E-state index < -0.39 is 33.1 Å². The maximum atomic E-state index is 13.5. The molecule has 2 N–H and O–H groups in total. The predicted molar refractivity (Wildman–Crippen MR) is 92.6 cm³/mol. The summed E-state index contributed by atoms with van der Waals surface area (Å²) in [4.78, 5) is 4.01. The van der Waals surface area contributed by atoms with Crippen molar-refractivity contribution >= 4 is 10.0 Å². The van der Waals surface area contributed by atoms with Crippen LogP contribution in [-0.2, 0) is 16.2 Å². The molecule has 1 heterocycles. The van der Waals surface area contributed by atoms with Crippen LogP contribution in [0.4, 0.5) is 17.6 Å². The Hall–Kier alpha value is -2.79. The molecule has 2 atom stereocenters. The van der Waals surface area contributed by atoms with Crippen LogP contribution in [0.25, 0.3) is 11.4 Å². The number of rotatable bonds is 4. The molecule has 1 aromatic heterocycles. The molecule has 29 heavy (non-hydrogen) atoms. The van der Waals surface area contributed by atoms with Gasteiger partial charge in [-0.2, -0.15) is 18.2 Å². The van der Waals surface area contributed by atoms with Crippen LogP contribution in [0.1, 0.15) is 35.3 Å². The van der Waals surface area contributed by atoms with Gasteiger partial charge in [-0.05, 0) is 48.2 Å². The number of hydrogen-bond donors (Lipinski definition) is 1. The zero-order chi connectivity index (χ0) is 21.0. The standard InChI is InChI=1S/C18H13F4N3O3S/c19-10-3-6-15(18(20,21)22)14(7-10)16-24-17(28-25-16)13-8-12(13)9-1-4-11(5-2-9)29(23,26)27/h1-7,12-13H,8H2,(H2,23,26,27)/t12-,13+/m0/s1. The summed E-state index contributed by atoms with van der Waals surface area (Å²) in [6.07, 6.45) is -4.09. The molecule has 4 rings (SSSR count). The van der Waals surface area contributed by atoms with Gasteiger partial charge in [0.15, 0.2) is 0 Å². The van der Waals surface area contributed by atoms with Crippen molar-refractivity contribution < 1.29 is 30.5 Å². The first-order valence-corrected chi connectivity index (χ1v) is 9.92. The van der Waals surface area contributed by atoms with Gasteiger partial charge in [0.1, 0.15) is 5.82 Å². The number of halogens is 4. The van der Waals surface area contributed by atoms with Crippen molar-refractivity contribution in [2.45, 2.75) is 29.3 Å². The molecular weight excluding hydrogens is 414 g/mol. The lowest BCUT2D eigenvalue weighted by Gasteiger charge is -2.10. The second kappa shape index (κ2) is 6.63. The monoisotopic (exact) mass is 427 g/mol. The fourth-order valence-corrected chi connectivity index (χ4v) is 3.70. The second-order valence-electron chi connectivity index (χ2n) is 6.71. The van der Waals surface area contributed by atoms with Crippen molar-refractivity contribution in [3.8, 4) is 11.4 Å². The summed E-state index contributed by atoms with van der Waals surface area (Å²) in [5.74, 6) is -1.33. The summed E-state index contributed by atoms with van der Waals surface area (Å²) in [6.45, 7) is 0. The van der Waals surface area contributed by atoms with Crippen LogP contribution in [0.15, 0.2) is 51.9 Å². The number of aromatic nitrogens is 2. The second-order valence-corrected chi connectivity index (χ2v) is 8.27. The zero-order valence-electron chi connectivity index (χ0n) is 14.5. The van der Waals surface area contributed by atoms with Crippen LogP contribution in [0.3, 0.4) is 0 Å². The molecule has 1 aliphatic carbocycles. The van der Waals surface area contributed by atoms with Crippen LogP contribution in [-0.4, -0.2) is 18.6 Å². The van der Waals surface area contributed by atoms with E-state index >= 15 is 0 Å². The van der Waals surface area contributed by atoms with Crippen molar-refractivity contribution in [2.24, 2.45) is 5.14 Å². The minimum absolute atomic E-state index is 0.0238. The van der Waals surface area contributed by atoms with Gasteiger partial charge < -0.3 is 4.52 Å². The highest BCUT2D eigenvalue weighted by molar-refractivity contribution is 7.89. The van der Waals surface area contributed by atoms with E-state index in [1.165, 1.54) is 12.1 Å². The largest absolute Gasteiger partial charge is 0.417 e. The molecule has 6 nitrogen and oxygen atoms in total. The topological polar surface area (TPSA) is 99.1 Å². The molecule has 2 aromatic carbocycles. The number of primary sulfonamides is 1. The third-order valence-corrected chi connectivity index (χ3v) is 5.64. The maximum Gasteiger partial charge on any atom is 0.417 e. The van der Waals surface area contributed by atoms with Crippen LogP contribution in [0.2, 0.25) is 0 Å². The number of hydrogen-bond acceptors (Lipinski definition) is 5. The third kappa shape index (κ3) is 3.87. The van der Waals surface area contributed by atoms with Gasteiger partial charge >= 0.3 is 6.18 Å². The fourth-order valence-electron chi connectivity index (χ4n) is 3.18. The minimum atomic E-state index is -4.70. The van der Waals surface area contributed by atoms with Crippen LogP contribution >= 0.6 is 0 Å². The fraction of sp³-hybridized carbons (Fsp3) is 0.222. The quantitative estimate of drug-likeness (QED) is 0.639. The molecule has 1 fully saturated rings. The molecule has 3 aromatic rings. The predicted octanol–water partition coefficient (Wildman–Crippen LogP) is 3.81. The van der Waals surface area contributed by atoms with Gasteiger partial charge in [0.05, 0.1) is 10.5 Å². The van der Waals surface area contributed by atoms with Crippen molar-refractivity contribution in [1.29, 1.82) is 0 Å². The van der Waals surface area contributed by atoms with Crippen molar-refractivity contribution in [1.82, 2.24) is 10.1 Å². The molecule has 0 unspecified atom stereocenters. The minimum Gasteiger partial charge on any atom is -0.339 e. The normalized spacial score (nSPS) is 19.3. The Morgan fingerprint density at radius 2 is 1.76 bits per heavy atom. The van der Waals surface area contributed by atoms with E-state index in [0.717, 1.165) is 11.6 Å². The van der Waals surface area contributed by atoms with Gasteiger partial charge in [-0.15, -0.1) is 0 Å². The Labute approximate surface area is 162 Å². The lowest BCUT2D eigenvalue weighted by atomic mass is 10.1. The number of nitrogens with zero attached hydrogens (tertiary/aromatic N) is 2. The summed E-state index contributed by atoms with van der Waals surface area (Å²) >= 11 is 0. The number of sulfonamides is 1. The van der Waals surface area contributed by atoms with Gasteiger partial charge in [-0.3, -0.25) is 0 Å². The molecule has 0 bridgehead atoms.